The molecule has 0 N–H and O–H groups in total. The second-order valence-corrected chi connectivity index (χ2v) is 11.8. The fourth-order valence-electron chi connectivity index (χ4n) is 6.28. The first-order valence-corrected chi connectivity index (χ1v) is 14.1. The Balaban J connectivity index is 1.11. The molecule has 2 saturated heterocycles. The highest BCUT2D eigenvalue weighted by Crippen LogP contribution is 2.61. The van der Waals surface area contributed by atoms with Crippen molar-refractivity contribution < 1.29 is 13.9 Å². The van der Waals surface area contributed by atoms with Gasteiger partial charge in [-0.2, -0.15) is 0 Å². The second-order valence-electron chi connectivity index (χ2n) is 10.3. The van der Waals surface area contributed by atoms with E-state index in [1.807, 2.05) is 0 Å². The van der Waals surface area contributed by atoms with Crippen molar-refractivity contribution >= 4 is 11.8 Å². The Morgan fingerprint density at radius 2 is 1.56 bits per heavy atom. The number of halogens is 1. The number of rotatable bonds is 6. The number of thioether (sulfide) groups is 1. The molecule has 3 nitrogen and oxygen atoms in total. The monoisotopic (exact) mass is 503 g/mol. The van der Waals surface area contributed by atoms with Crippen LogP contribution in [0.25, 0.3) is 0 Å². The molecule has 3 aliphatic heterocycles. The summed E-state index contributed by atoms with van der Waals surface area (Å²) in [6, 6.07) is 24.6. The molecule has 5 heteroatoms. The molecular weight excluding hydrogens is 469 g/mol. The first-order chi connectivity index (χ1) is 17.6. The molecule has 1 spiro atoms. The van der Waals surface area contributed by atoms with Crippen LogP contribution in [-0.4, -0.2) is 37.7 Å². The minimum Gasteiger partial charge on any atom is -0.343 e. The smallest absolute Gasteiger partial charge is 0.195 e. The molecule has 188 valence electrons. The van der Waals surface area contributed by atoms with Gasteiger partial charge in [0.25, 0.3) is 0 Å². The van der Waals surface area contributed by atoms with Crippen molar-refractivity contribution in [3.05, 3.63) is 106 Å². The summed E-state index contributed by atoms with van der Waals surface area (Å²) >= 11 is 2.18. The Labute approximate surface area is 218 Å². The number of piperidine rings is 1. The maximum atomic E-state index is 13.5. The number of nitrogens with zero attached hydrogens (tertiary/aromatic N) is 1. The van der Waals surface area contributed by atoms with Gasteiger partial charge in [-0.3, -0.25) is 0 Å². The number of likely N-dealkylation sites (tertiary alicyclic amines) is 1. The molecule has 6 rings (SSSR count). The van der Waals surface area contributed by atoms with E-state index >= 15 is 0 Å². The van der Waals surface area contributed by atoms with Crippen molar-refractivity contribution in [2.45, 2.75) is 48.4 Å². The third-order valence-electron chi connectivity index (χ3n) is 8.23. The highest BCUT2D eigenvalue weighted by Gasteiger charge is 2.47. The molecule has 3 heterocycles. The number of aryl methyl sites for hydroxylation is 1. The number of hydrogen-bond donors (Lipinski definition) is 0. The molecule has 3 aliphatic rings. The van der Waals surface area contributed by atoms with Gasteiger partial charge in [-0.25, -0.2) is 4.39 Å². The van der Waals surface area contributed by atoms with Crippen LogP contribution in [0.5, 0.6) is 0 Å². The normalized spacial score (nSPS) is 22.7. The van der Waals surface area contributed by atoms with E-state index < -0.39 is 5.79 Å². The standard InChI is InChI=1S/C31H34FNO2S/c1-23-7-2-3-8-26(23)29-27-9-4-5-10-28(27)30(36-29)16-19-33(20-17-30)18-6-15-31(34-21-22-35-31)24-11-13-25(32)14-12-24/h2-5,7-14,29H,6,15-22H2,1H3. The molecule has 36 heavy (non-hydrogen) atoms. The van der Waals surface area contributed by atoms with Gasteiger partial charge in [0.2, 0.25) is 0 Å². The fraction of sp³-hybridized carbons (Fsp3) is 0.419. The fourth-order valence-corrected chi connectivity index (χ4v) is 8.19. The van der Waals surface area contributed by atoms with Crippen molar-refractivity contribution in [1.82, 2.24) is 4.90 Å². The molecule has 2 fully saturated rings. The largest absolute Gasteiger partial charge is 0.343 e. The van der Waals surface area contributed by atoms with E-state index in [9.17, 15) is 4.39 Å². The van der Waals surface area contributed by atoms with Crippen molar-refractivity contribution in [2.75, 3.05) is 32.8 Å². The maximum absolute atomic E-state index is 13.5. The average molecular weight is 504 g/mol. The molecule has 0 saturated carbocycles. The van der Waals surface area contributed by atoms with Gasteiger partial charge in [-0.05, 0) is 80.2 Å². The molecule has 0 radical (unpaired) electrons. The molecule has 0 bridgehead atoms. The van der Waals surface area contributed by atoms with E-state index in [4.69, 9.17) is 9.47 Å². The minimum absolute atomic E-state index is 0.201. The highest BCUT2D eigenvalue weighted by atomic mass is 32.2. The number of ether oxygens (including phenoxy) is 2. The molecular formula is C31H34FNO2S. The van der Waals surface area contributed by atoms with E-state index in [2.05, 4.69) is 72.1 Å². The van der Waals surface area contributed by atoms with Crippen LogP contribution in [0.4, 0.5) is 4.39 Å². The van der Waals surface area contributed by atoms with Gasteiger partial charge in [0.1, 0.15) is 5.82 Å². The zero-order chi connectivity index (χ0) is 24.6. The summed E-state index contributed by atoms with van der Waals surface area (Å²) in [5.74, 6) is -0.962. The van der Waals surface area contributed by atoms with E-state index in [1.165, 1.54) is 41.7 Å². The Hall–Kier alpha value is -2.18. The summed E-state index contributed by atoms with van der Waals surface area (Å²) < 4.78 is 25.8. The van der Waals surface area contributed by atoms with E-state index in [-0.39, 0.29) is 10.6 Å². The summed E-state index contributed by atoms with van der Waals surface area (Å²) in [4.78, 5) is 2.60. The summed E-state index contributed by atoms with van der Waals surface area (Å²) in [5, 5.41) is 0.418. The molecule has 3 aromatic rings. The van der Waals surface area contributed by atoms with Gasteiger partial charge < -0.3 is 14.4 Å². The molecule has 1 unspecified atom stereocenters. The Morgan fingerprint density at radius 3 is 2.28 bits per heavy atom. The van der Waals surface area contributed by atoms with Crippen LogP contribution in [-0.2, 0) is 20.0 Å². The molecule has 3 aromatic carbocycles. The lowest BCUT2D eigenvalue weighted by molar-refractivity contribution is -0.172. The van der Waals surface area contributed by atoms with Crippen LogP contribution in [0.1, 0.15) is 58.8 Å². The van der Waals surface area contributed by atoms with Crippen molar-refractivity contribution in [3.8, 4) is 0 Å². The van der Waals surface area contributed by atoms with E-state index in [1.54, 1.807) is 17.7 Å². The van der Waals surface area contributed by atoms with Gasteiger partial charge in [-0.1, -0.05) is 60.7 Å². The summed E-state index contributed by atoms with van der Waals surface area (Å²) in [5.41, 5.74) is 6.80. The maximum Gasteiger partial charge on any atom is 0.195 e. The zero-order valence-electron chi connectivity index (χ0n) is 20.9. The second kappa shape index (κ2) is 9.94. The average Bonchev–Trinajstić information content (AvgIpc) is 3.51. The molecule has 0 aliphatic carbocycles. The van der Waals surface area contributed by atoms with Gasteiger partial charge in [0.15, 0.2) is 5.79 Å². The Morgan fingerprint density at radius 1 is 0.889 bits per heavy atom. The summed E-state index contributed by atoms with van der Waals surface area (Å²) in [6.45, 7) is 6.65. The van der Waals surface area contributed by atoms with Crippen LogP contribution in [0, 0.1) is 12.7 Å². The summed E-state index contributed by atoms with van der Waals surface area (Å²) in [7, 11) is 0. The molecule has 1 atom stereocenters. The van der Waals surface area contributed by atoms with Gasteiger partial charge >= 0.3 is 0 Å². The lowest BCUT2D eigenvalue weighted by Gasteiger charge is -2.40. The topological polar surface area (TPSA) is 21.7 Å². The van der Waals surface area contributed by atoms with E-state index in [0.717, 1.165) is 38.0 Å². The lowest BCUT2D eigenvalue weighted by atomic mass is 9.84. The summed E-state index contributed by atoms with van der Waals surface area (Å²) in [6.07, 6.45) is 4.12. The van der Waals surface area contributed by atoms with Crippen LogP contribution in [0.15, 0.2) is 72.8 Å². The van der Waals surface area contributed by atoms with E-state index in [0.29, 0.717) is 18.5 Å². The van der Waals surface area contributed by atoms with Crippen LogP contribution in [0.3, 0.4) is 0 Å². The number of hydrogen-bond acceptors (Lipinski definition) is 4. The van der Waals surface area contributed by atoms with Crippen LogP contribution >= 0.6 is 11.8 Å². The Bertz CT molecular complexity index is 1200. The highest BCUT2D eigenvalue weighted by molar-refractivity contribution is 8.01. The van der Waals surface area contributed by atoms with Crippen molar-refractivity contribution in [3.63, 3.8) is 0 Å². The predicted molar refractivity (Wildman–Crippen MR) is 144 cm³/mol. The quantitative estimate of drug-likeness (QED) is 0.363. The Kier molecular flexibility index (Phi) is 6.67. The van der Waals surface area contributed by atoms with Crippen molar-refractivity contribution in [1.29, 1.82) is 0 Å². The third-order valence-corrected chi connectivity index (χ3v) is 10.1. The van der Waals surface area contributed by atoms with Crippen LogP contribution in [0.2, 0.25) is 0 Å². The van der Waals surface area contributed by atoms with Gasteiger partial charge in [0, 0.05) is 16.7 Å². The first-order valence-electron chi connectivity index (χ1n) is 13.2. The van der Waals surface area contributed by atoms with Crippen molar-refractivity contribution in [2.24, 2.45) is 0 Å². The van der Waals surface area contributed by atoms with Crippen LogP contribution < -0.4 is 0 Å². The molecule has 0 amide bonds. The van der Waals surface area contributed by atoms with Gasteiger partial charge in [-0.15, -0.1) is 11.8 Å². The predicted octanol–water partition coefficient (Wildman–Crippen LogP) is 6.94. The lowest BCUT2D eigenvalue weighted by Crippen LogP contribution is -2.41. The first kappa shape index (κ1) is 24.2. The number of fused-ring (bicyclic) bond motifs is 2. The zero-order valence-corrected chi connectivity index (χ0v) is 21.7. The minimum atomic E-state index is -0.730. The third kappa shape index (κ3) is 4.41. The van der Waals surface area contributed by atoms with Gasteiger partial charge in [0.05, 0.1) is 18.5 Å². The molecule has 0 aromatic heterocycles. The SMILES string of the molecule is Cc1ccccc1C1SC2(CCN(CCCC3(c4ccc(F)cc4)OCCO3)CC2)c2ccccc21. The number of benzene rings is 3.